The fourth-order valence-corrected chi connectivity index (χ4v) is 2.41. The minimum absolute atomic E-state index is 0.00199. The van der Waals surface area contributed by atoms with Gasteiger partial charge in [0.1, 0.15) is 0 Å². The molecule has 0 aliphatic heterocycles. The second-order valence-corrected chi connectivity index (χ2v) is 5.37. The normalized spacial score (nSPS) is 10.9. The molecular weight excluding hydrogens is 266 g/mol. The Morgan fingerprint density at radius 3 is 2.42 bits per heavy atom. The van der Waals surface area contributed by atoms with E-state index in [0.29, 0.717) is 0 Å². The van der Waals surface area contributed by atoms with E-state index in [-0.39, 0.29) is 16.3 Å². The molecule has 19 heavy (non-hydrogen) atoms. The SMILES string of the molecule is Nc1cccnc1C(=O)NS(=O)(=O)c1ccccc1. The first-order chi connectivity index (χ1) is 9.00. The first kappa shape index (κ1) is 13.0. The zero-order chi connectivity index (χ0) is 13.9. The summed E-state index contributed by atoms with van der Waals surface area (Å²) >= 11 is 0. The molecule has 1 aromatic heterocycles. The van der Waals surface area contributed by atoms with Gasteiger partial charge in [-0.1, -0.05) is 18.2 Å². The molecule has 0 spiro atoms. The molecule has 1 amide bonds. The Labute approximate surface area is 110 Å². The van der Waals surface area contributed by atoms with Crippen molar-refractivity contribution < 1.29 is 13.2 Å². The number of anilines is 1. The molecule has 0 saturated heterocycles. The fourth-order valence-electron chi connectivity index (χ4n) is 1.44. The van der Waals surface area contributed by atoms with E-state index in [1.165, 1.54) is 24.4 Å². The highest BCUT2D eigenvalue weighted by atomic mass is 32.2. The molecule has 2 aromatic rings. The standard InChI is InChI=1S/C12H11N3O3S/c13-10-7-4-8-14-11(10)12(16)15-19(17,18)9-5-2-1-3-6-9/h1-8H,13H2,(H,15,16). The topological polar surface area (TPSA) is 102 Å². The first-order valence-electron chi connectivity index (χ1n) is 5.33. The number of nitrogens with zero attached hydrogens (tertiary/aromatic N) is 1. The molecule has 0 radical (unpaired) electrons. The highest BCUT2D eigenvalue weighted by Crippen LogP contribution is 2.10. The second-order valence-electron chi connectivity index (χ2n) is 3.69. The van der Waals surface area contributed by atoms with Gasteiger partial charge in [-0.3, -0.25) is 4.79 Å². The Kier molecular flexibility index (Phi) is 3.48. The van der Waals surface area contributed by atoms with Crippen molar-refractivity contribution in [2.24, 2.45) is 0 Å². The van der Waals surface area contributed by atoms with Crippen LogP contribution in [0.4, 0.5) is 5.69 Å². The van der Waals surface area contributed by atoms with Crippen LogP contribution in [0.1, 0.15) is 10.5 Å². The predicted octanol–water partition coefficient (Wildman–Crippen LogP) is 0.783. The van der Waals surface area contributed by atoms with Crippen LogP contribution in [-0.2, 0) is 10.0 Å². The van der Waals surface area contributed by atoms with E-state index in [1.54, 1.807) is 24.3 Å². The Bertz CT molecular complexity index is 699. The smallest absolute Gasteiger partial charge is 0.285 e. The van der Waals surface area contributed by atoms with Crippen LogP contribution in [0.3, 0.4) is 0 Å². The average molecular weight is 277 g/mol. The van der Waals surface area contributed by atoms with E-state index >= 15 is 0 Å². The third kappa shape index (κ3) is 2.89. The average Bonchev–Trinajstić information content (AvgIpc) is 2.39. The minimum atomic E-state index is -3.92. The molecule has 0 fully saturated rings. The van der Waals surface area contributed by atoms with Crippen molar-refractivity contribution in [1.29, 1.82) is 0 Å². The Hall–Kier alpha value is -2.41. The lowest BCUT2D eigenvalue weighted by atomic mass is 10.3. The zero-order valence-electron chi connectivity index (χ0n) is 9.78. The van der Waals surface area contributed by atoms with Gasteiger partial charge in [-0.15, -0.1) is 0 Å². The van der Waals surface area contributed by atoms with E-state index in [4.69, 9.17) is 5.73 Å². The molecule has 0 unspecified atom stereocenters. The maximum atomic E-state index is 11.9. The van der Waals surface area contributed by atoms with Crippen molar-refractivity contribution in [2.75, 3.05) is 5.73 Å². The number of carbonyl (C=O) groups excluding carboxylic acids is 1. The van der Waals surface area contributed by atoms with Crippen LogP contribution in [0, 0.1) is 0 Å². The Morgan fingerprint density at radius 2 is 1.79 bits per heavy atom. The van der Waals surface area contributed by atoms with Gasteiger partial charge in [-0.25, -0.2) is 18.1 Å². The molecule has 0 bridgehead atoms. The van der Waals surface area contributed by atoms with Gasteiger partial charge >= 0.3 is 0 Å². The number of pyridine rings is 1. The Balaban J connectivity index is 2.27. The minimum Gasteiger partial charge on any atom is -0.397 e. The van der Waals surface area contributed by atoms with Gasteiger partial charge in [0.05, 0.1) is 10.6 Å². The number of carbonyl (C=O) groups is 1. The molecule has 2 rings (SSSR count). The highest BCUT2D eigenvalue weighted by Gasteiger charge is 2.20. The van der Waals surface area contributed by atoms with Crippen molar-refractivity contribution >= 4 is 21.6 Å². The molecule has 1 aromatic carbocycles. The zero-order valence-corrected chi connectivity index (χ0v) is 10.6. The second kappa shape index (κ2) is 5.07. The number of benzene rings is 1. The third-order valence-electron chi connectivity index (χ3n) is 2.33. The lowest BCUT2D eigenvalue weighted by molar-refractivity contribution is 0.0977. The van der Waals surface area contributed by atoms with Crippen LogP contribution < -0.4 is 10.5 Å². The van der Waals surface area contributed by atoms with Crippen LogP contribution in [-0.4, -0.2) is 19.3 Å². The van der Waals surface area contributed by atoms with Crippen molar-refractivity contribution in [3.8, 4) is 0 Å². The molecule has 1 heterocycles. The van der Waals surface area contributed by atoms with Crippen LogP contribution >= 0.6 is 0 Å². The lowest BCUT2D eigenvalue weighted by Crippen LogP contribution is -2.31. The van der Waals surface area contributed by atoms with Crippen LogP contribution in [0.5, 0.6) is 0 Å². The number of hydrogen-bond acceptors (Lipinski definition) is 5. The van der Waals surface area contributed by atoms with Crippen molar-refractivity contribution in [3.05, 3.63) is 54.4 Å². The number of sulfonamides is 1. The quantitative estimate of drug-likeness (QED) is 0.863. The van der Waals surface area contributed by atoms with Crippen molar-refractivity contribution in [2.45, 2.75) is 4.90 Å². The van der Waals surface area contributed by atoms with Gasteiger partial charge < -0.3 is 5.73 Å². The Morgan fingerprint density at radius 1 is 1.11 bits per heavy atom. The van der Waals surface area contributed by atoms with E-state index in [9.17, 15) is 13.2 Å². The molecule has 0 aliphatic carbocycles. The van der Waals surface area contributed by atoms with E-state index < -0.39 is 15.9 Å². The van der Waals surface area contributed by atoms with Gasteiger partial charge in [0, 0.05) is 6.20 Å². The van der Waals surface area contributed by atoms with Crippen LogP contribution in [0.2, 0.25) is 0 Å². The summed E-state index contributed by atoms with van der Waals surface area (Å²) < 4.78 is 25.8. The van der Waals surface area contributed by atoms with E-state index in [0.717, 1.165) is 0 Å². The van der Waals surface area contributed by atoms with Crippen LogP contribution in [0.15, 0.2) is 53.6 Å². The maximum Gasteiger partial charge on any atom is 0.285 e. The summed E-state index contributed by atoms with van der Waals surface area (Å²) in [6, 6.07) is 10.6. The molecule has 0 atom stereocenters. The summed E-state index contributed by atoms with van der Waals surface area (Å²) in [5, 5.41) is 0. The van der Waals surface area contributed by atoms with Crippen molar-refractivity contribution in [1.82, 2.24) is 9.71 Å². The largest absolute Gasteiger partial charge is 0.397 e. The van der Waals surface area contributed by atoms with E-state index in [1.807, 2.05) is 4.72 Å². The number of aromatic nitrogens is 1. The number of hydrogen-bond donors (Lipinski definition) is 2. The molecule has 0 saturated carbocycles. The molecule has 7 heteroatoms. The summed E-state index contributed by atoms with van der Waals surface area (Å²) in [5.41, 5.74) is 5.55. The summed E-state index contributed by atoms with van der Waals surface area (Å²) in [4.78, 5) is 15.6. The van der Waals surface area contributed by atoms with Gasteiger partial charge in [0.15, 0.2) is 5.69 Å². The molecule has 6 nitrogen and oxygen atoms in total. The molecule has 0 aliphatic rings. The summed E-state index contributed by atoms with van der Waals surface area (Å²) in [6.45, 7) is 0. The number of rotatable bonds is 3. The number of nitrogens with two attached hydrogens (primary N) is 1. The van der Waals surface area contributed by atoms with Gasteiger partial charge in [0.2, 0.25) is 0 Å². The van der Waals surface area contributed by atoms with E-state index in [2.05, 4.69) is 4.98 Å². The summed E-state index contributed by atoms with van der Waals surface area (Å²) in [6.07, 6.45) is 1.36. The predicted molar refractivity (Wildman–Crippen MR) is 69.7 cm³/mol. The molecular formula is C12H11N3O3S. The fraction of sp³-hybridized carbons (Fsp3) is 0. The highest BCUT2D eigenvalue weighted by molar-refractivity contribution is 7.90. The summed E-state index contributed by atoms with van der Waals surface area (Å²) in [7, 11) is -3.92. The number of amides is 1. The molecule has 3 N–H and O–H groups in total. The van der Waals surface area contributed by atoms with Gasteiger partial charge in [-0.05, 0) is 24.3 Å². The van der Waals surface area contributed by atoms with Crippen LogP contribution in [0.25, 0.3) is 0 Å². The third-order valence-corrected chi connectivity index (χ3v) is 3.68. The van der Waals surface area contributed by atoms with Gasteiger partial charge in [0.25, 0.3) is 15.9 Å². The first-order valence-corrected chi connectivity index (χ1v) is 6.82. The molecule has 98 valence electrons. The lowest BCUT2D eigenvalue weighted by Gasteiger charge is -2.07. The van der Waals surface area contributed by atoms with Gasteiger partial charge in [-0.2, -0.15) is 0 Å². The maximum absolute atomic E-state index is 11.9. The summed E-state index contributed by atoms with van der Waals surface area (Å²) in [5.74, 6) is -0.859. The van der Waals surface area contributed by atoms with Crippen molar-refractivity contribution in [3.63, 3.8) is 0 Å². The monoisotopic (exact) mass is 277 g/mol. The number of nitrogens with one attached hydrogen (secondary N) is 1. The number of nitrogen functional groups attached to an aromatic ring is 1.